The third-order valence-corrected chi connectivity index (χ3v) is 4.14. The molecule has 0 saturated carbocycles. The number of aliphatic carboxylic acids is 1. The van der Waals surface area contributed by atoms with E-state index in [0.717, 1.165) is 12.8 Å². The van der Waals surface area contributed by atoms with E-state index in [2.05, 4.69) is 4.98 Å². The van der Waals surface area contributed by atoms with E-state index in [4.69, 9.17) is 9.52 Å². The molecule has 1 N–H and O–H groups in total. The van der Waals surface area contributed by atoms with Crippen LogP contribution in [0.1, 0.15) is 48.3 Å². The summed E-state index contributed by atoms with van der Waals surface area (Å²) in [5.74, 6) is 0.162. The number of nitrogens with zero attached hydrogens (tertiary/aromatic N) is 2. The molecule has 1 aromatic heterocycles. The Bertz CT molecular complexity index is 538. The van der Waals surface area contributed by atoms with Gasteiger partial charge in [-0.3, -0.25) is 9.59 Å². The molecule has 0 radical (unpaired) electrons. The topological polar surface area (TPSA) is 83.6 Å². The van der Waals surface area contributed by atoms with Gasteiger partial charge >= 0.3 is 5.97 Å². The third kappa shape index (κ3) is 3.62. The average Bonchev–Trinajstić information content (AvgIpc) is 2.76. The summed E-state index contributed by atoms with van der Waals surface area (Å²) in [5, 5.41) is 8.90. The van der Waals surface area contributed by atoms with Gasteiger partial charge in [0.25, 0.3) is 5.91 Å². The predicted molar refractivity (Wildman–Crippen MR) is 76.0 cm³/mol. The number of carboxylic acids is 1. The molecule has 1 fully saturated rings. The highest BCUT2D eigenvalue weighted by molar-refractivity contribution is 5.92. The van der Waals surface area contributed by atoms with Crippen molar-refractivity contribution < 1.29 is 19.1 Å². The molecule has 1 aliphatic rings. The van der Waals surface area contributed by atoms with E-state index in [-0.39, 0.29) is 24.2 Å². The lowest BCUT2D eigenvalue weighted by molar-refractivity contribution is -0.138. The SMILES string of the molecule is Cc1nc(C)c(C(=O)N2CCCC(C(C)CC(=O)O)C2)o1. The molecule has 0 aromatic carbocycles. The quantitative estimate of drug-likeness (QED) is 0.920. The number of rotatable bonds is 4. The zero-order chi connectivity index (χ0) is 15.6. The lowest BCUT2D eigenvalue weighted by Gasteiger charge is -2.35. The lowest BCUT2D eigenvalue weighted by atomic mass is 9.84. The highest BCUT2D eigenvalue weighted by Gasteiger charge is 2.31. The Hall–Kier alpha value is -1.85. The minimum Gasteiger partial charge on any atom is -0.481 e. The van der Waals surface area contributed by atoms with E-state index in [1.807, 2.05) is 6.92 Å². The molecule has 116 valence electrons. The minimum atomic E-state index is -0.785. The van der Waals surface area contributed by atoms with Crippen molar-refractivity contribution in [3.63, 3.8) is 0 Å². The summed E-state index contributed by atoms with van der Waals surface area (Å²) in [6.45, 7) is 6.70. The fraction of sp³-hybridized carbons (Fsp3) is 0.667. The summed E-state index contributed by atoms with van der Waals surface area (Å²) in [5.41, 5.74) is 0.609. The van der Waals surface area contributed by atoms with Crippen LogP contribution in [0.2, 0.25) is 0 Å². The molecule has 21 heavy (non-hydrogen) atoms. The summed E-state index contributed by atoms with van der Waals surface area (Å²) in [6.07, 6.45) is 2.01. The van der Waals surface area contributed by atoms with Crippen molar-refractivity contribution in [2.75, 3.05) is 13.1 Å². The highest BCUT2D eigenvalue weighted by atomic mass is 16.4. The van der Waals surface area contributed by atoms with Crippen LogP contribution in [0, 0.1) is 25.7 Å². The molecule has 1 aliphatic heterocycles. The number of aryl methyl sites for hydroxylation is 2. The van der Waals surface area contributed by atoms with E-state index in [0.29, 0.717) is 30.4 Å². The van der Waals surface area contributed by atoms with Crippen molar-refractivity contribution in [2.24, 2.45) is 11.8 Å². The van der Waals surface area contributed by atoms with Gasteiger partial charge in [-0.2, -0.15) is 0 Å². The van der Waals surface area contributed by atoms with Crippen LogP contribution in [0.3, 0.4) is 0 Å². The molecule has 2 unspecified atom stereocenters. The highest BCUT2D eigenvalue weighted by Crippen LogP contribution is 2.27. The summed E-state index contributed by atoms with van der Waals surface area (Å²) in [4.78, 5) is 29.2. The molecule has 1 saturated heterocycles. The molecule has 2 heterocycles. The number of hydrogen-bond donors (Lipinski definition) is 1. The van der Waals surface area contributed by atoms with Gasteiger partial charge in [-0.05, 0) is 31.6 Å². The summed E-state index contributed by atoms with van der Waals surface area (Å²) in [7, 11) is 0. The van der Waals surface area contributed by atoms with Gasteiger partial charge in [0.15, 0.2) is 5.89 Å². The predicted octanol–water partition coefficient (Wildman–Crippen LogP) is 2.25. The van der Waals surface area contributed by atoms with E-state index in [1.165, 1.54) is 0 Å². The maximum absolute atomic E-state index is 12.5. The minimum absolute atomic E-state index is 0.0654. The fourth-order valence-corrected chi connectivity index (χ4v) is 2.97. The van der Waals surface area contributed by atoms with Crippen molar-refractivity contribution in [2.45, 2.75) is 40.0 Å². The average molecular weight is 294 g/mol. The smallest absolute Gasteiger partial charge is 0.303 e. The van der Waals surface area contributed by atoms with E-state index < -0.39 is 5.97 Å². The Morgan fingerprint density at radius 2 is 2.19 bits per heavy atom. The van der Waals surface area contributed by atoms with Crippen molar-refractivity contribution >= 4 is 11.9 Å². The Kier molecular flexibility index (Phi) is 4.65. The normalized spacial score (nSPS) is 20.3. The van der Waals surface area contributed by atoms with Gasteiger partial charge in [0.05, 0.1) is 5.69 Å². The van der Waals surface area contributed by atoms with Gasteiger partial charge in [-0.25, -0.2) is 4.98 Å². The molecule has 1 amide bonds. The molecule has 0 spiro atoms. The number of oxazole rings is 1. The Balaban J connectivity index is 2.05. The summed E-state index contributed by atoms with van der Waals surface area (Å²) in [6, 6.07) is 0. The van der Waals surface area contributed by atoms with E-state index in [1.54, 1.807) is 18.7 Å². The van der Waals surface area contributed by atoms with Crippen LogP contribution < -0.4 is 0 Å². The van der Waals surface area contributed by atoms with Crippen molar-refractivity contribution in [3.8, 4) is 0 Å². The zero-order valence-electron chi connectivity index (χ0n) is 12.8. The van der Waals surface area contributed by atoms with Crippen LogP contribution in [0.15, 0.2) is 4.42 Å². The van der Waals surface area contributed by atoms with Crippen LogP contribution in [-0.4, -0.2) is 40.0 Å². The number of carbonyl (C=O) groups is 2. The van der Waals surface area contributed by atoms with Crippen LogP contribution in [-0.2, 0) is 4.79 Å². The first-order chi connectivity index (χ1) is 9.88. The summed E-state index contributed by atoms with van der Waals surface area (Å²) < 4.78 is 5.39. The van der Waals surface area contributed by atoms with Crippen LogP contribution >= 0.6 is 0 Å². The fourth-order valence-electron chi connectivity index (χ4n) is 2.97. The molecule has 0 bridgehead atoms. The molecular formula is C15H22N2O4. The number of aromatic nitrogens is 1. The number of carbonyl (C=O) groups excluding carboxylic acids is 1. The molecule has 2 atom stereocenters. The van der Waals surface area contributed by atoms with Crippen LogP contribution in [0.4, 0.5) is 0 Å². The molecule has 6 heteroatoms. The number of hydrogen-bond acceptors (Lipinski definition) is 4. The lowest BCUT2D eigenvalue weighted by Crippen LogP contribution is -2.42. The van der Waals surface area contributed by atoms with Crippen molar-refractivity contribution in [1.29, 1.82) is 0 Å². The maximum atomic E-state index is 12.5. The van der Waals surface area contributed by atoms with Crippen molar-refractivity contribution in [3.05, 3.63) is 17.3 Å². The second-order valence-electron chi connectivity index (χ2n) is 5.88. The number of piperidine rings is 1. The summed E-state index contributed by atoms with van der Waals surface area (Å²) >= 11 is 0. The molecule has 6 nitrogen and oxygen atoms in total. The van der Waals surface area contributed by atoms with Gasteiger partial charge in [-0.1, -0.05) is 6.92 Å². The molecule has 1 aromatic rings. The largest absolute Gasteiger partial charge is 0.481 e. The molecule has 2 rings (SSSR count). The number of amides is 1. The van der Waals surface area contributed by atoms with Crippen molar-refractivity contribution in [1.82, 2.24) is 9.88 Å². The van der Waals surface area contributed by atoms with Crippen LogP contribution in [0.5, 0.6) is 0 Å². The van der Waals surface area contributed by atoms with Gasteiger partial charge in [-0.15, -0.1) is 0 Å². The Morgan fingerprint density at radius 3 is 2.76 bits per heavy atom. The van der Waals surface area contributed by atoms with Gasteiger partial charge in [0.1, 0.15) is 0 Å². The van der Waals surface area contributed by atoms with Gasteiger partial charge in [0, 0.05) is 26.4 Å². The second-order valence-corrected chi connectivity index (χ2v) is 5.88. The Labute approximate surface area is 124 Å². The zero-order valence-corrected chi connectivity index (χ0v) is 12.8. The second kappa shape index (κ2) is 6.28. The van der Waals surface area contributed by atoms with Gasteiger partial charge < -0.3 is 14.4 Å². The standard InChI is InChI=1S/C15H22N2O4/c1-9(7-13(18)19)12-5-4-6-17(8-12)15(20)14-10(2)16-11(3)21-14/h9,12H,4-8H2,1-3H3,(H,18,19). The number of likely N-dealkylation sites (tertiary alicyclic amines) is 1. The van der Waals surface area contributed by atoms with Gasteiger partial charge in [0.2, 0.25) is 5.76 Å². The van der Waals surface area contributed by atoms with Crippen LogP contribution in [0.25, 0.3) is 0 Å². The third-order valence-electron chi connectivity index (χ3n) is 4.14. The molecular weight excluding hydrogens is 272 g/mol. The maximum Gasteiger partial charge on any atom is 0.303 e. The first-order valence-electron chi connectivity index (χ1n) is 7.33. The first kappa shape index (κ1) is 15.5. The monoisotopic (exact) mass is 294 g/mol. The number of carboxylic acid groups (broad SMARTS) is 1. The first-order valence-corrected chi connectivity index (χ1v) is 7.33. The molecule has 0 aliphatic carbocycles. The Morgan fingerprint density at radius 1 is 1.48 bits per heavy atom. The van der Waals surface area contributed by atoms with E-state index in [9.17, 15) is 9.59 Å². The van der Waals surface area contributed by atoms with E-state index >= 15 is 0 Å².